The van der Waals surface area contributed by atoms with Crippen molar-refractivity contribution >= 4 is 5.91 Å². The van der Waals surface area contributed by atoms with Crippen LogP contribution in [0.25, 0.3) is 0 Å². The maximum atomic E-state index is 11.6. The minimum atomic E-state index is -0.349. The molecule has 3 nitrogen and oxygen atoms in total. The third-order valence-electron chi connectivity index (χ3n) is 3.22. The van der Waals surface area contributed by atoms with Crippen molar-refractivity contribution in [1.82, 2.24) is 5.32 Å². The average molecular weight is 214 g/mol. The van der Waals surface area contributed by atoms with Crippen LogP contribution in [0.3, 0.4) is 0 Å². The summed E-state index contributed by atoms with van der Waals surface area (Å²) >= 11 is 0. The average Bonchev–Trinajstić information content (AvgIpc) is 2.14. The molecule has 0 saturated carbocycles. The molecule has 3 heteroatoms. The molecule has 0 bridgehead atoms. The normalized spacial score (nSPS) is 14.1. The molecule has 0 fully saturated rings. The molecule has 0 aromatic rings. The summed E-state index contributed by atoms with van der Waals surface area (Å²) in [6, 6.07) is -0.349. The van der Waals surface area contributed by atoms with Crippen molar-refractivity contribution < 1.29 is 4.79 Å². The monoisotopic (exact) mass is 214 g/mol. The van der Waals surface area contributed by atoms with Crippen LogP contribution in [0.4, 0.5) is 0 Å². The second-order valence-corrected chi connectivity index (χ2v) is 5.26. The van der Waals surface area contributed by atoms with Crippen molar-refractivity contribution in [2.24, 2.45) is 17.1 Å². The van der Waals surface area contributed by atoms with E-state index in [4.69, 9.17) is 5.73 Å². The molecule has 0 aromatic carbocycles. The Morgan fingerprint density at radius 1 is 1.40 bits per heavy atom. The first-order chi connectivity index (χ1) is 6.81. The number of nitrogens with two attached hydrogens (primary N) is 1. The van der Waals surface area contributed by atoms with E-state index in [9.17, 15) is 4.79 Å². The minimum absolute atomic E-state index is 0.0226. The zero-order chi connectivity index (χ0) is 12.1. The van der Waals surface area contributed by atoms with Gasteiger partial charge in [-0.1, -0.05) is 41.0 Å². The largest absolute Gasteiger partial charge is 0.354 e. The summed E-state index contributed by atoms with van der Waals surface area (Å²) in [6.45, 7) is 11.4. The lowest BCUT2D eigenvalue weighted by atomic mass is 9.81. The lowest BCUT2D eigenvalue weighted by Crippen LogP contribution is -2.45. The maximum Gasteiger partial charge on any atom is 0.236 e. The molecule has 0 radical (unpaired) electrons. The number of hydrogen-bond acceptors (Lipinski definition) is 2. The lowest BCUT2D eigenvalue weighted by molar-refractivity contribution is -0.123. The van der Waals surface area contributed by atoms with Crippen LogP contribution in [0, 0.1) is 11.3 Å². The molecule has 0 aliphatic rings. The van der Waals surface area contributed by atoms with Gasteiger partial charge in [-0.2, -0.15) is 0 Å². The molecule has 1 amide bonds. The number of nitrogens with one attached hydrogen (secondary N) is 1. The fourth-order valence-electron chi connectivity index (χ4n) is 1.09. The Morgan fingerprint density at radius 2 is 1.93 bits per heavy atom. The van der Waals surface area contributed by atoms with Crippen LogP contribution < -0.4 is 11.1 Å². The van der Waals surface area contributed by atoms with Crippen molar-refractivity contribution in [3.8, 4) is 0 Å². The molecule has 90 valence electrons. The minimum Gasteiger partial charge on any atom is -0.354 e. The number of carbonyl (C=O) groups is 1. The molecule has 0 rings (SSSR count). The highest BCUT2D eigenvalue weighted by Crippen LogP contribution is 2.24. The summed E-state index contributed by atoms with van der Waals surface area (Å²) in [5.41, 5.74) is 5.85. The van der Waals surface area contributed by atoms with Crippen molar-refractivity contribution in [1.29, 1.82) is 0 Å². The summed E-state index contributed by atoms with van der Waals surface area (Å²) in [4.78, 5) is 11.6. The van der Waals surface area contributed by atoms with Crippen LogP contribution >= 0.6 is 0 Å². The summed E-state index contributed by atoms with van der Waals surface area (Å²) < 4.78 is 0. The molecular formula is C12H26N2O. The SMILES string of the molecule is CCC[C@@H](N)C(=O)NCC(C)(C)C(C)C. The topological polar surface area (TPSA) is 55.1 Å². The first kappa shape index (κ1) is 14.4. The van der Waals surface area contributed by atoms with Gasteiger partial charge in [0.2, 0.25) is 5.91 Å². The molecule has 0 aliphatic carbocycles. The molecule has 0 aromatic heterocycles. The van der Waals surface area contributed by atoms with Crippen LogP contribution in [0.1, 0.15) is 47.5 Å². The van der Waals surface area contributed by atoms with Crippen molar-refractivity contribution in [2.75, 3.05) is 6.54 Å². The first-order valence-corrected chi connectivity index (χ1v) is 5.84. The molecule has 0 saturated heterocycles. The summed E-state index contributed by atoms with van der Waals surface area (Å²) in [5, 5.41) is 2.92. The Kier molecular flexibility index (Phi) is 5.88. The van der Waals surface area contributed by atoms with Crippen LogP contribution in [-0.2, 0) is 4.79 Å². The second-order valence-electron chi connectivity index (χ2n) is 5.26. The van der Waals surface area contributed by atoms with Gasteiger partial charge in [0.1, 0.15) is 0 Å². The fourth-order valence-corrected chi connectivity index (χ4v) is 1.09. The van der Waals surface area contributed by atoms with E-state index >= 15 is 0 Å². The Labute approximate surface area is 93.8 Å². The predicted molar refractivity (Wildman–Crippen MR) is 64.5 cm³/mol. The van der Waals surface area contributed by atoms with Crippen LogP contribution in [0.5, 0.6) is 0 Å². The molecule has 1 atom stereocenters. The van der Waals surface area contributed by atoms with Crippen molar-refractivity contribution in [3.05, 3.63) is 0 Å². The van der Waals surface area contributed by atoms with Gasteiger partial charge in [-0.3, -0.25) is 4.79 Å². The standard InChI is InChI=1S/C12H26N2O/c1-6-7-10(13)11(15)14-8-12(4,5)9(2)3/h9-10H,6-8,13H2,1-5H3,(H,14,15)/t10-/m1/s1. The Bertz CT molecular complexity index is 200. The zero-order valence-electron chi connectivity index (χ0n) is 10.8. The van der Waals surface area contributed by atoms with Crippen LogP contribution in [0.2, 0.25) is 0 Å². The summed E-state index contributed by atoms with van der Waals surface area (Å²) in [6.07, 6.45) is 1.70. The Hall–Kier alpha value is -0.570. The highest BCUT2D eigenvalue weighted by Gasteiger charge is 2.23. The van der Waals surface area contributed by atoms with E-state index in [1.807, 2.05) is 6.92 Å². The van der Waals surface area contributed by atoms with E-state index in [1.165, 1.54) is 0 Å². The quantitative estimate of drug-likeness (QED) is 0.709. The molecule has 0 heterocycles. The van der Waals surface area contributed by atoms with Gasteiger partial charge in [-0.05, 0) is 17.8 Å². The molecule has 3 N–H and O–H groups in total. The third kappa shape index (κ3) is 5.17. The van der Waals surface area contributed by atoms with E-state index in [0.717, 1.165) is 12.8 Å². The van der Waals surface area contributed by atoms with Crippen LogP contribution in [0.15, 0.2) is 0 Å². The van der Waals surface area contributed by atoms with Gasteiger partial charge in [0.25, 0.3) is 0 Å². The van der Waals surface area contributed by atoms with Crippen molar-refractivity contribution in [3.63, 3.8) is 0 Å². The smallest absolute Gasteiger partial charge is 0.236 e. The van der Waals surface area contributed by atoms with Gasteiger partial charge in [-0.15, -0.1) is 0 Å². The third-order valence-corrected chi connectivity index (χ3v) is 3.22. The number of rotatable bonds is 6. The number of amides is 1. The first-order valence-electron chi connectivity index (χ1n) is 5.84. The van der Waals surface area contributed by atoms with E-state index in [0.29, 0.717) is 12.5 Å². The van der Waals surface area contributed by atoms with Gasteiger partial charge in [0.05, 0.1) is 6.04 Å². The number of hydrogen-bond donors (Lipinski definition) is 2. The van der Waals surface area contributed by atoms with E-state index in [2.05, 4.69) is 33.0 Å². The molecule has 0 aliphatic heterocycles. The number of carbonyl (C=O) groups excluding carboxylic acids is 1. The maximum absolute atomic E-state index is 11.6. The summed E-state index contributed by atoms with van der Waals surface area (Å²) in [7, 11) is 0. The predicted octanol–water partition coefficient (Wildman–Crippen LogP) is 1.91. The van der Waals surface area contributed by atoms with Gasteiger partial charge < -0.3 is 11.1 Å². The Morgan fingerprint density at radius 3 is 2.33 bits per heavy atom. The molecule has 0 unspecified atom stereocenters. The molecule has 0 spiro atoms. The lowest BCUT2D eigenvalue weighted by Gasteiger charge is -2.29. The van der Waals surface area contributed by atoms with E-state index < -0.39 is 0 Å². The van der Waals surface area contributed by atoms with Gasteiger partial charge in [0.15, 0.2) is 0 Å². The highest BCUT2D eigenvalue weighted by molar-refractivity contribution is 5.81. The molecule has 15 heavy (non-hydrogen) atoms. The molecular weight excluding hydrogens is 188 g/mol. The van der Waals surface area contributed by atoms with Gasteiger partial charge >= 0.3 is 0 Å². The Balaban J connectivity index is 4.00. The van der Waals surface area contributed by atoms with E-state index in [-0.39, 0.29) is 17.4 Å². The van der Waals surface area contributed by atoms with Gasteiger partial charge in [-0.25, -0.2) is 0 Å². The highest BCUT2D eigenvalue weighted by atomic mass is 16.2. The van der Waals surface area contributed by atoms with E-state index in [1.54, 1.807) is 0 Å². The van der Waals surface area contributed by atoms with Crippen molar-refractivity contribution in [2.45, 2.75) is 53.5 Å². The second kappa shape index (κ2) is 6.11. The van der Waals surface area contributed by atoms with Gasteiger partial charge in [0, 0.05) is 6.54 Å². The zero-order valence-corrected chi connectivity index (χ0v) is 10.8. The summed E-state index contributed by atoms with van der Waals surface area (Å²) in [5.74, 6) is 0.519. The van der Waals surface area contributed by atoms with Crippen LogP contribution in [-0.4, -0.2) is 18.5 Å². The fraction of sp³-hybridized carbons (Fsp3) is 0.917.